The molecule has 7 nitrogen and oxygen atoms in total. The molecule has 8 heteroatoms. The molecule has 0 aliphatic carbocycles. The number of rotatable bonds is 8. The largest absolute Gasteiger partial charge is 0.486 e. The fourth-order valence-corrected chi connectivity index (χ4v) is 4.19. The van der Waals surface area contributed by atoms with E-state index in [9.17, 15) is 13.2 Å². The number of anilines is 1. The monoisotopic (exact) mass is 432 g/mol. The molecule has 1 amide bonds. The van der Waals surface area contributed by atoms with Crippen LogP contribution < -0.4 is 19.1 Å². The number of fused-ring (bicyclic) bond motifs is 1. The number of sulfonamides is 1. The molecular formula is C22H28N2O5S. The molecule has 1 N–H and O–H groups in total. The fourth-order valence-electron chi connectivity index (χ4n) is 3.23. The number of aryl methyl sites for hydroxylation is 2. The Morgan fingerprint density at radius 1 is 1.13 bits per heavy atom. The van der Waals surface area contributed by atoms with Crippen molar-refractivity contribution < 1.29 is 22.7 Å². The van der Waals surface area contributed by atoms with Crippen LogP contribution in [0.4, 0.5) is 5.69 Å². The Bertz CT molecular complexity index is 1010. The first kappa shape index (κ1) is 22.0. The lowest BCUT2D eigenvalue weighted by Crippen LogP contribution is -2.41. The van der Waals surface area contributed by atoms with Crippen LogP contribution >= 0.6 is 0 Å². The maximum Gasteiger partial charge on any atom is 0.232 e. The highest BCUT2D eigenvalue weighted by Gasteiger charge is 2.21. The average Bonchev–Trinajstić information content (AvgIpc) is 2.71. The average molecular weight is 433 g/mol. The Balaban J connectivity index is 1.48. The van der Waals surface area contributed by atoms with Crippen LogP contribution in [0, 0.1) is 13.8 Å². The van der Waals surface area contributed by atoms with Gasteiger partial charge < -0.3 is 14.8 Å². The lowest BCUT2D eigenvalue weighted by molar-refractivity contribution is -0.121. The van der Waals surface area contributed by atoms with Gasteiger partial charge in [0.15, 0.2) is 11.5 Å². The molecule has 162 valence electrons. The minimum absolute atomic E-state index is 0.147. The zero-order valence-electron chi connectivity index (χ0n) is 17.6. The van der Waals surface area contributed by atoms with E-state index in [4.69, 9.17) is 9.47 Å². The number of ether oxygens (including phenoxy) is 2. The van der Waals surface area contributed by atoms with E-state index in [0.29, 0.717) is 36.8 Å². The number of benzene rings is 2. The molecule has 2 aromatic rings. The first-order valence-electron chi connectivity index (χ1n) is 9.94. The van der Waals surface area contributed by atoms with Crippen LogP contribution in [0.1, 0.15) is 24.0 Å². The maximum absolute atomic E-state index is 12.2. The maximum atomic E-state index is 12.2. The lowest BCUT2D eigenvalue weighted by atomic mass is 10.1. The highest BCUT2D eigenvalue weighted by Crippen LogP contribution is 2.30. The van der Waals surface area contributed by atoms with Gasteiger partial charge in [0.25, 0.3) is 0 Å². The quantitative estimate of drug-likeness (QED) is 0.693. The summed E-state index contributed by atoms with van der Waals surface area (Å²) in [5, 5.41) is 2.84. The summed E-state index contributed by atoms with van der Waals surface area (Å²) in [4.78, 5) is 12.2. The molecule has 1 aliphatic rings. The normalized spacial score (nSPS) is 15.5. The molecule has 2 aromatic carbocycles. The summed E-state index contributed by atoms with van der Waals surface area (Å²) in [7, 11) is -3.44. The smallest absolute Gasteiger partial charge is 0.232 e. The molecule has 0 saturated heterocycles. The predicted molar refractivity (Wildman–Crippen MR) is 117 cm³/mol. The number of nitrogens with one attached hydrogen (secondary N) is 1. The third-order valence-corrected chi connectivity index (χ3v) is 6.23. The number of carbonyl (C=O) groups excluding carboxylic acids is 1. The van der Waals surface area contributed by atoms with Crippen LogP contribution in [0.3, 0.4) is 0 Å². The van der Waals surface area contributed by atoms with Gasteiger partial charge in [-0.3, -0.25) is 9.10 Å². The molecule has 1 aliphatic heterocycles. The van der Waals surface area contributed by atoms with Gasteiger partial charge in [-0.05, 0) is 55.7 Å². The van der Waals surface area contributed by atoms with E-state index in [0.717, 1.165) is 11.1 Å². The molecule has 30 heavy (non-hydrogen) atoms. The number of hydrogen-bond donors (Lipinski definition) is 1. The predicted octanol–water partition coefficient (Wildman–Crippen LogP) is 2.81. The summed E-state index contributed by atoms with van der Waals surface area (Å²) >= 11 is 0. The molecule has 1 heterocycles. The second-order valence-electron chi connectivity index (χ2n) is 7.51. The van der Waals surface area contributed by atoms with E-state index in [1.807, 2.05) is 50.2 Å². The second kappa shape index (κ2) is 9.38. The summed E-state index contributed by atoms with van der Waals surface area (Å²) in [6.45, 7) is 4.87. The van der Waals surface area contributed by atoms with Gasteiger partial charge in [0.1, 0.15) is 12.7 Å². The Labute approximate surface area is 178 Å². The number of nitrogens with zero attached hydrogens (tertiary/aromatic N) is 1. The molecule has 3 rings (SSSR count). The van der Waals surface area contributed by atoms with Gasteiger partial charge in [-0.15, -0.1) is 0 Å². The van der Waals surface area contributed by atoms with Gasteiger partial charge in [0.2, 0.25) is 15.9 Å². The van der Waals surface area contributed by atoms with Crippen molar-refractivity contribution in [3.8, 4) is 11.5 Å². The zero-order chi connectivity index (χ0) is 21.7. The number of amides is 1. The highest BCUT2D eigenvalue weighted by molar-refractivity contribution is 7.92. The van der Waals surface area contributed by atoms with Gasteiger partial charge in [0.05, 0.1) is 18.5 Å². The van der Waals surface area contributed by atoms with Crippen molar-refractivity contribution >= 4 is 21.6 Å². The van der Waals surface area contributed by atoms with Crippen molar-refractivity contribution in [3.63, 3.8) is 0 Å². The molecule has 0 radical (unpaired) electrons. The molecule has 0 aromatic heterocycles. The van der Waals surface area contributed by atoms with Crippen molar-refractivity contribution in [2.45, 2.75) is 32.8 Å². The van der Waals surface area contributed by atoms with E-state index in [2.05, 4.69) is 5.32 Å². The Hall–Kier alpha value is -2.74. The van der Waals surface area contributed by atoms with Crippen molar-refractivity contribution in [1.29, 1.82) is 0 Å². The van der Waals surface area contributed by atoms with Crippen LogP contribution in [-0.2, 0) is 14.8 Å². The van der Waals surface area contributed by atoms with Crippen LogP contribution in [0.15, 0.2) is 42.5 Å². The van der Waals surface area contributed by atoms with Crippen molar-refractivity contribution in [1.82, 2.24) is 5.32 Å². The van der Waals surface area contributed by atoms with Gasteiger partial charge in [0, 0.05) is 13.0 Å². The zero-order valence-corrected chi connectivity index (χ0v) is 18.4. The molecule has 0 bridgehead atoms. The number of hydrogen-bond acceptors (Lipinski definition) is 5. The standard InChI is InChI=1S/C22H28N2O5S/c1-16-10-11-18(13-17(16)2)24(30(3,26)27)12-6-9-22(25)23-14-19-15-28-20-7-4-5-8-21(20)29-19/h4-5,7-8,10-11,13,19H,6,9,12,14-15H2,1-3H3,(H,23,25). The van der Waals surface area contributed by atoms with Crippen LogP contribution in [0.5, 0.6) is 11.5 Å². The SMILES string of the molecule is Cc1ccc(N(CCCC(=O)NCC2COc3ccccc3O2)S(C)(=O)=O)cc1C. The summed E-state index contributed by atoms with van der Waals surface area (Å²) in [6.07, 6.45) is 1.56. The molecule has 1 unspecified atom stereocenters. The van der Waals surface area contributed by atoms with Crippen LogP contribution in [0.2, 0.25) is 0 Å². The molecule has 0 saturated carbocycles. The first-order valence-corrected chi connectivity index (χ1v) is 11.8. The molecule has 1 atom stereocenters. The van der Waals surface area contributed by atoms with Gasteiger partial charge >= 0.3 is 0 Å². The van der Waals surface area contributed by atoms with Crippen molar-refractivity contribution in [2.75, 3.05) is 30.3 Å². The fraction of sp³-hybridized carbons (Fsp3) is 0.409. The van der Waals surface area contributed by atoms with Gasteiger partial charge in [-0.1, -0.05) is 18.2 Å². The molecule has 0 fully saturated rings. The summed E-state index contributed by atoms with van der Waals surface area (Å²) in [5.41, 5.74) is 2.74. The van der Waals surface area contributed by atoms with E-state index >= 15 is 0 Å². The minimum atomic E-state index is -3.44. The van der Waals surface area contributed by atoms with E-state index < -0.39 is 10.0 Å². The Kier molecular flexibility index (Phi) is 6.87. The third-order valence-electron chi connectivity index (χ3n) is 5.04. The number of carbonyl (C=O) groups is 1. The van der Waals surface area contributed by atoms with Gasteiger partial charge in [-0.2, -0.15) is 0 Å². The number of para-hydroxylation sites is 2. The Morgan fingerprint density at radius 3 is 2.57 bits per heavy atom. The first-order chi connectivity index (χ1) is 14.2. The van der Waals surface area contributed by atoms with Crippen molar-refractivity contribution in [3.05, 3.63) is 53.6 Å². The van der Waals surface area contributed by atoms with E-state index in [1.165, 1.54) is 10.6 Å². The van der Waals surface area contributed by atoms with E-state index in [-0.39, 0.29) is 25.0 Å². The highest BCUT2D eigenvalue weighted by atomic mass is 32.2. The third kappa shape index (κ3) is 5.66. The lowest BCUT2D eigenvalue weighted by Gasteiger charge is -2.26. The topological polar surface area (TPSA) is 84.9 Å². The Morgan fingerprint density at radius 2 is 1.87 bits per heavy atom. The second-order valence-corrected chi connectivity index (χ2v) is 9.42. The van der Waals surface area contributed by atoms with Crippen LogP contribution in [0.25, 0.3) is 0 Å². The molecule has 0 spiro atoms. The summed E-state index contributed by atoms with van der Waals surface area (Å²) in [6, 6.07) is 13.0. The van der Waals surface area contributed by atoms with Crippen molar-refractivity contribution in [2.24, 2.45) is 0 Å². The molecular weight excluding hydrogens is 404 g/mol. The van der Waals surface area contributed by atoms with Gasteiger partial charge in [-0.25, -0.2) is 8.42 Å². The summed E-state index contributed by atoms with van der Waals surface area (Å²) in [5.74, 6) is 1.22. The van der Waals surface area contributed by atoms with Crippen LogP contribution in [-0.4, -0.2) is 46.4 Å². The minimum Gasteiger partial charge on any atom is -0.486 e. The van der Waals surface area contributed by atoms with E-state index in [1.54, 1.807) is 6.07 Å². The summed E-state index contributed by atoms with van der Waals surface area (Å²) < 4.78 is 37.3.